The molecule has 5 aliphatic rings. The Bertz CT molecular complexity index is 2400. The van der Waals surface area contributed by atoms with Crippen LogP contribution in [0.1, 0.15) is 111 Å². The summed E-state index contributed by atoms with van der Waals surface area (Å²) in [5.74, 6) is -0.571. The van der Waals surface area contributed by atoms with E-state index < -0.39 is 52.6 Å². The molecule has 4 heterocycles. The molecule has 2 fully saturated rings. The summed E-state index contributed by atoms with van der Waals surface area (Å²) in [6.07, 6.45) is 0.736. The number of amides is 2. The third-order valence-corrected chi connectivity index (χ3v) is 12.0. The van der Waals surface area contributed by atoms with Crippen LogP contribution in [0.2, 0.25) is 0 Å². The highest BCUT2D eigenvalue weighted by atomic mass is 16.7. The number of fused-ring (bicyclic) bond motifs is 3. The van der Waals surface area contributed by atoms with Crippen molar-refractivity contribution in [3.63, 3.8) is 0 Å². The monoisotopic (exact) mass is 885 g/mol. The van der Waals surface area contributed by atoms with E-state index in [1.54, 1.807) is 41.5 Å². The number of esters is 1. The highest BCUT2D eigenvalue weighted by Crippen LogP contribution is 2.45. The molecule has 65 heavy (non-hydrogen) atoms. The molecule has 13 heteroatoms. The van der Waals surface area contributed by atoms with Gasteiger partial charge in [-0.1, -0.05) is 127 Å². The average molecular weight is 886 g/mol. The van der Waals surface area contributed by atoms with Crippen LogP contribution in [-0.4, -0.2) is 99.3 Å². The number of hydrogen-bond acceptors (Lipinski definition) is 11. The van der Waals surface area contributed by atoms with Crippen molar-refractivity contribution >= 4 is 35.4 Å². The molecule has 0 radical (unpaired) electrons. The van der Waals surface area contributed by atoms with Crippen LogP contribution in [0, 0.1) is 0 Å². The first kappa shape index (κ1) is 45.1. The zero-order valence-corrected chi connectivity index (χ0v) is 38.5. The van der Waals surface area contributed by atoms with Crippen LogP contribution in [0.4, 0.5) is 9.59 Å². The van der Waals surface area contributed by atoms with Crippen LogP contribution in [0.15, 0.2) is 120 Å². The number of carbonyl (C=O) groups excluding carboxylic acids is 4. The Labute approximate surface area is 383 Å². The lowest BCUT2D eigenvalue weighted by atomic mass is 9.91. The van der Waals surface area contributed by atoms with Crippen molar-refractivity contribution in [1.82, 2.24) is 9.80 Å². The van der Waals surface area contributed by atoms with Crippen LogP contribution in [0.25, 0.3) is 11.1 Å². The summed E-state index contributed by atoms with van der Waals surface area (Å²) in [4.78, 5) is 66.1. The molecular formula is C52H60N4O9. The number of carbonyl (C=O) groups is 4. The van der Waals surface area contributed by atoms with Crippen molar-refractivity contribution in [2.24, 2.45) is 10.3 Å². The lowest BCUT2D eigenvalue weighted by Gasteiger charge is -2.29. The van der Waals surface area contributed by atoms with Gasteiger partial charge in [-0.3, -0.25) is 14.6 Å². The lowest BCUT2D eigenvalue weighted by Crippen LogP contribution is -2.46. The van der Waals surface area contributed by atoms with Gasteiger partial charge in [0.25, 0.3) is 0 Å². The molecule has 4 aromatic rings. The van der Waals surface area contributed by atoms with Crippen molar-refractivity contribution in [2.45, 2.75) is 122 Å². The molecule has 0 aromatic heterocycles. The second-order valence-corrected chi connectivity index (χ2v) is 19.3. The van der Waals surface area contributed by atoms with Gasteiger partial charge in [0.05, 0.1) is 30.6 Å². The number of ketones is 1. The van der Waals surface area contributed by atoms with Crippen LogP contribution in [0.3, 0.4) is 0 Å². The zero-order chi connectivity index (χ0) is 47.4. The molecule has 13 nitrogen and oxygen atoms in total. The minimum atomic E-state index is -0.783. The first-order chi connectivity index (χ1) is 31.4. The van der Waals surface area contributed by atoms with Gasteiger partial charge < -0.3 is 23.9 Å². The largest absolute Gasteiger partial charge is 0.458 e. The standard InChI is InChI=1S/C29H26N2O4.C22H30N2O5.CH4/c1-19(32)27-16-29(15-26(30-35-29)20-9-3-2-4-10-20)18-31(27)28(33)34-17-25-23-13-7-5-11-21(23)22-12-6-8-14-24(22)25;1-20(2,3)27-18(25)17-13-22(14-24(17)19(26)28-21(4,5)6)12-16(23-29-22)15-10-8-7-9-11-15;/h2-14,25,27H,15-18H2,1H3;7-11,17H,12-14H2,1-6H3;1H4/t27?,29-;17?,22-;/m11./s1/i;;1D. The van der Waals surface area contributed by atoms with E-state index in [1.807, 2.05) is 84.9 Å². The van der Waals surface area contributed by atoms with E-state index in [2.05, 4.69) is 34.6 Å². The summed E-state index contributed by atoms with van der Waals surface area (Å²) in [6.45, 7) is 13.0. The number of oxime groups is 2. The van der Waals surface area contributed by atoms with E-state index in [0.29, 0.717) is 25.7 Å². The smallest absolute Gasteiger partial charge is 0.411 e. The van der Waals surface area contributed by atoms with E-state index in [-0.39, 0.29) is 31.4 Å². The van der Waals surface area contributed by atoms with Gasteiger partial charge in [0.15, 0.2) is 17.0 Å². The lowest BCUT2D eigenvalue weighted by molar-refractivity contribution is -0.160. The molecule has 2 amide bonds. The Hall–Kier alpha value is -6.50. The van der Waals surface area contributed by atoms with Crippen LogP contribution < -0.4 is 0 Å². The van der Waals surface area contributed by atoms with E-state index in [9.17, 15) is 19.2 Å². The molecule has 9 rings (SSSR count). The molecule has 0 N–H and O–H groups in total. The maximum atomic E-state index is 13.3. The highest BCUT2D eigenvalue weighted by Gasteiger charge is 2.56. The van der Waals surface area contributed by atoms with Crippen molar-refractivity contribution in [3.8, 4) is 11.1 Å². The maximum Gasteiger partial charge on any atom is 0.411 e. The first-order valence-corrected chi connectivity index (χ1v) is 21.9. The molecule has 4 aliphatic heterocycles. The third kappa shape index (κ3) is 10.1. The molecule has 4 aromatic carbocycles. The zero-order valence-electron chi connectivity index (χ0n) is 39.5. The fourth-order valence-electron chi connectivity index (χ4n) is 9.22. The van der Waals surface area contributed by atoms with Crippen LogP contribution >= 0.6 is 0 Å². The minimum Gasteiger partial charge on any atom is -0.458 e. The van der Waals surface area contributed by atoms with Crippen molar-refractivity contribution in [1.29, 1.82) is 0 Å². The maximum absolute atomic E-state index is 13.3. The first-order valence-electron chi connectivity index (χ1n) is 22.9. The van der Waals surface area contributed by atoms with Gasteiger partial charge in [-0.25, -0.2) is 14.4 Å². The second kappa shape index (κ2) is 18.2. The van der Waals surface area contributed by atoms with E-state index >= 15 is 0 Å². The Morgan fingerprint density at radius 3 is 1.54 bits per heavy atom. The molecule has 4 atom stereocenters. The van der Waals surface area contributed by atoms with E-state index in [0.717, 1.165) is 33.7 Å². The topological polar surface area (TPSA) is 146 Å². The normalized spacial score (nSPS) is 23.0. The van der Waals surface area contributed by atoms with Crippen LogP contribution in [0.5, 0.6) is 0 Å². The fourth-order valence-corrected chi connectivity index (χ4v) is 9.22. The Balaban J connectivity index is 0.000000193. The number of likely N-dealkylation sites (tertiary alicyclic amines) is 2. The summed E-state index contributed by atoms with van der Waals surface area (Å²) in [7, 11) is 1.25. The van der Waals surface area contributed by atoms with Gasteiger partial charge in [0.1, 0.15) is 23.9 Å². The predicted molar refractivity (Wildman–Crippen MR) is 248 cm³/mol. The Kier molecular flexibility index (Phi) is 12.6. The molecule has 1 aliphatic carbocycles. The number of ether oxygens (including phenoxy) is 3. The summed E-state index contributed by atoms with van der Waals surface area (Å²) in [6, 6.07) is 34.7. The van der Waals surface area contributed by atoms with Gasteiger partial charge in [-0.2, -0.15) is 0 Å². The molecule has 342 valence electrons. The number of Topliss-reactive ketones (excluding diaryl/α,β-unsaturated/α-hetero) is 1. The van der Waals surface area contributed by atoms with Gasteiger partial charge in [-0.15, -0.1) is 0 Å². The van der Waals surface area contributed by atoms with Crippen molar-refractivity contribution in [3.05, 3.63) is 131 Å². The van der Waals surface area contributed by atoms with Gasteiger partial charge in [0, 0.05) is 33.0 Å². The fraction of sp³-hybridized carbons (Fsp3) is 0.423. The SMILES string of the molecule is CC(=O)C1C[C@]2(CC(c3ccccc3)=NO2)CN1C(=O)OCC1c2ccccc2-c2ccccc21.CC(C)(C)OC(=O)C1C[C@]2(CC(c3ccccc3)=NO2)CN1C(=O)OC(C)(C)C.[2H]C. The summed E-state index contributed by atoms with van der Waals surface area (Å²) in [5.41, 5.74) is 5.47. The third-order valence-electron chi connectivity index (χ3n) is 12.0. The number of nitrogens with zero attached hydrogens (tertiary/aromatic N) is 4. The summed E-state index contributed by atoms with van der Waals surface area (Å²) >= 11 is 0. The molecule has 2 unspecified atom stereocenters. The van der Waals surface area contributed by atoms with Crippen molar-refractivity contribution < 1.29 is 44.4 Å². The van der Waals surface area contributed by atoms with Gasteiger partial charge >= 0.3 is 18.2 Å². The second-order valence-electron chi connectivity index (χ2n) is 19.3. The highest BCUT2D eigenvalue weighted by molar-refractivity contribution is 6.02. The van der Waals surface area contributed by atoms with E-state index in [1.165, 1.54) is 35.3 Å². The quantitative estimate of drug-likeness (QED) is 0.136. The Morgan fingerprint density at radius 2 is 1.08 bits per heavy atom. The average Bonchev–Trinajstić information content (AvgIpc) is 4.14. The predicted octanol–water partition coefficient (Wildman–Crippen LogP) is 9.70. The molecule has 0 saturated carbocycles. The van der Waals surface area contributed by atoms with Gasteiger partial charge in [-0.05, 0) is 81.8 Å². The molecule has 0 bridgehead atoms. The summed E-state index contributed by atoms with van der Waals surface area (Å²) in [5, 5.41) is 8.58. The number of benzene rings is 4. The Morgan fingerprint density at radius 1 is 0.646 bits per heavy atom. The molecular weight excluding hydrogens is 825 g/mol. The number of rotatable bonds is 6. The molecule has 2 saturated heterocycles. The van der Waals surface area contributed by atoms with Crippen molar-refractivity contribution in [2.75, 3.05) is 19.7 Å². The number of hydrogen-bond donors (Lipinski definition) is 0. The van der Waals surface area contributed by atoms with Gasteiger partial charge in [0.2, 0.25) is 0 Å². The molecule has 2 spiro atoms. The minimum absolute atomic E-state index is 0.0329. The van der Waals surface area contributed by atoms with E-state index in [4.69, 9.17) is 25.3 Å². The van der Waals surface area contributed by atoms with Crippen LogP contribution in [-0.2, 0) is 33.5 Å². The summed E-state index contributed by atoms with van der Waals surface area (Å²) < 4.78 is 22.7.